The number of ether oxygens (including phenoxy) is 2. The Morgan fingerprint density at radius 3 is 1.56 bits per heavy atom. The topological polar surface area (TPSA) is 38.7 Å². The van der Waals surface area contributed by atoms with E-state index in [1.54, 1.807) is 14.2 Å². The van der Waals surface area contributed by atoms with E-state index < -0.39 is 11.5 Å². The second kappa shape index (κ2) is 18.6. The van der Waals surface area contributed by atoms with Gasteiger partial charge in [-0.3, -0.25) is 0 Å². The number of benzene rings is 3. The van der Waals surface area contributed by atoms with Crippen molar-refractivity contribution in [2.24, 2.45) is 0 Å². The summed E-state index contributed by atoms with van der Waals surface area (Å²) in [6.45, 7) is 2.28. The van der Waals surface area contributed by atoms with Crippen molar-refractivity contribution < 1.29 is 14.6 Å². The van der Waals surface area contributed by atoms with Gasteiger partial charge in [-0.05, 0) is 30.0 Å². The quantitative estimate of drug-likeness (QED) is 0.104. The zero-order valence-corrected chi connectivity index (χ0v) is 26.0. The molecule has 0 aliphatic rings. The van der Waals surface area contributed by atoms with Crippen LogP contribution >= 0.6 is 0 Å². The highest BCUT2D eigenvalue weighted by molar-refractivity contribution is 5.57. The summed E-state index contributed by atoms with van der Waals surface area (Å²) >= 11 is 0. The minimum atomic E-state index is -0.559. The smallest absolute Gasteiger partial charge is 0.126 e. The van der Waals surface area contributed by atoms with Crippen LogP contribution in [0.15, 0.2) is 78.9 Å². The van der Waals surface area contributed by atoms with Gasteiger partial charge in [0.1, 0.15) is 11.5 Å². The average Bonchev–Trinajstić information content (AvgIpc) is 3.02. The number of hydrogen-bond donors (Lipinski definition) is 1. The monoisotopic (exact) mass is 558 g/mol. The SMILES string of the molecule is CCCCCCCCCCCCCCCC(O)CC(c1ccccc1)(c1ccccc1)c1ccc(OC)cc1OC. The number of aliphatic hydroxyl groups excluding tert-OH is 1. The number of rotatable bonds is 21. The lowest BCUT2D eigenvalue weighted by molar-refractivity contribution is 0.134. The fraction of sp³-hybridized carbons (Fsp3) is 0.526. The second-order valence-corrected chi connectivity index (χ2v) is 11.6. The molecule has 0 spiro atoms. The third-order valence-corrected chi connectivity index (χ3v) is 8.58. The molecule has 3 rings (SSSR count). The van der Waals surface area contributed by atoms with Crippen molar-refractivity contribution in [2.45, 2.75) is 115 Å². The van der Waals surface area contributed by atoms with Crippen molar-refractivity contribution in [3.8, 4) is 11.5 Å². The van der Waals surface area contributed by atoms with Gasteiger partial charge in [0.25, 0.3) is 0 Å². The van der Waals surface area contributed by atoms with E-state index in [0.717, 1.165) is 41.0 Å². The molecule has 0 heterocycles. The van der Waals surface area contributed by atoms with Crippen molar-refractivity contribution in [1.82, 2.24) is 0 Å². The van der Waals surface area contributed by atoms with Crippen LogP contribution in [0.5, 0.6) is 11.5 Å². The Morgan fingerprint density at radius 2 is 1.10 bits per heavy atom. The molecule has 3 aromatic carbocycles. The van der Waals surface area contributed by atoms with Crippen LogP contribution in [0, 0.1) is 0 Å². The first-order valence-corrected chi connectivity index (χ1v) is 16.2. The van der Waals surface area contributed by atoms with Crippen molar-refractivity contribution in [3.05, 3.63) is 95.6 Å². The van der Waals surface area contributed by atoms with Gasteiger partial charge in [-0.1, -0.05) is 157 Å². The predicted octanol–water partition coefficient (Wildman–Crippen LogP) is 10.3. The minimum Gasteiger partial charge on any atom is -0.497 e. The highest BCUT2D eigenvalue weighted by Gasteiger charge is 2.40. The molecule has 1 atom stereocenters. The largest absolute Gasteiger partial charge is 0.497 e. The van der Waals surface area contributed by atoms with Crippen LogP contribution in [0.2, 0.25) is 0 Å². The molecule has 1 N–H and O–H groups in total. The molecule has 3 heteroatoms. The zero-order valence-electron chi connectivity index (χ0n) is 26.0. The normalized spacial score (nSPS) is 12.3. The predicted molar refractivity (Wildman–Crippen MR) is 173 cm³/mol. The first kappa shape index (κ1) is 32.7. The summed E-state index contributed by atoms with van der Waals surface area (Å²) in [6.07, 6.45) is 18.2. The van der Waals surface area contributed by atoms with E-state index in [1.807, 2.05) is 12.1 Å². The first-order valence-electron chi connectivity index (χ1n) is 16.2. The van der Waals surface area contributed by atoms with Gasteiger partial charge in [-0.15, -0.1) is 0 Å². The van der Waals surface area contributed by atoms with E-state index in [-0.39, 0.29) is 0 Å². The van der Waals surface area contributed by atoms with E-state index in [0.29, 0.717) is 6.42 Å². The summed E-state index contributed by atoms with van der Waals surface area (Å²) in [5.74, 6) is 1.53. The molecule has 0 bridgehead atoms. The molecular weight excluding hydrogens is 504 g/mol. The lowest BCUT2D eigenvalue weighted by Gasteiger charge is -2.38. The number of hydrogen-bond acceptors (Lipinski definition) is 3. The highest BCUT2D eigenvalue weighted by atomic mass is 16.5. The van der Waals surface area contributed by atoms with Gasteiger partial charge in [0.15, 0.2) is 0 Å². The van der Waals surface area contributed by atoms with Gasteiger partial charge in [0, 0.05) is 11.6 Å². The van der Waals surface area contributed by atoms with Crippen molar-refractivity contribution >= 4 is 0 Å². The van der Waals surface area contributed by atoms with Gasteiger partial charge in [-0.25, -0.2) is 0 Å². The van der Waals surface area contributed by atoms with Crippen LogP contribution in [0.1, 0.15) is 120 Å². The minimum absolute atomic E-state index is 0.435. The molecule has 0 amide bonds. The Morgan fingerprint density at radius 1 is 0.610 bits per heavy atom. The number of methoxy groups -OCH3 is 2. The maximum Gasteiger partial charge on any atom is 0.126 e. The number of aliphatic hydroxyl groups is 1. The van der Waals surface area contributed by atoms with Crippen molar-refractivity contribution in [3.63, 3.8) is 0 Å². The lowest BCUT2D eigenvalue weighted by Crippen LogP contribution is -2.34. The molecule has 224 valence electrons. The summed E-state index contributed by atoms with van der Waals surface area (Å²) in [4.78, 5) is 0. The van der Waals surface area contributed by atoms with E-state index in [1.165, 1.54) is 77.0 Å². The molecule has 0 aliphatic heterocycles. The van der Waals surface area contributed by atoms with E-state index in [4.69, 9.17) is 9.47 Å². The third-order valence-electron chi connectivity index (χ3n) is 8.58. The van der Waals surface area contributed by atoms with E-state index in [9.17, 15) is 5.11 Å². The Hall–Kier alpha value is -2.78. The Labute approximate surface area is 250 Å². The highest BCUT2D eigenvalue weighted by Crippen LogP contribution is 2.47. The lowest BCUT2D eigenvalue weighted by atomic mass is 9.65. The maximum absolute atomic E-state index is 11.5. The van der Waals surface area contributed by atoms with Crippen molar-refractivity contribution in [2.75, 3.05) is 14.2 Å². The summed E-state index contributed by atoms with van der Waals surface area (Å²) < 4.78 is 11.5. The average molecular weight is 559 g/mol. The first-order chi connectivity index (χ1) is 20.2. The summed E-state index contributed by atoms with van der Waals surface area (Å²) in [7, 11) is 3.39. The third kappa shape index (κ3) is 9.92. The van der Waals surface area contributed by atoms with Crippen LogP contribution in [-0.4, -0.2) is 25.4 Å². The fourth-order valence-electron chi connectivity index (χ4n) is 6.27. The molecule has 0 fully saturated rings. The Kier molecular flexibility index (Phi) is 14.9. The molecule has 41 heavy (non-hydrogen) atoms. The van der Waals surface area contributed by atoms with Gasteiger partial charge in [0.2, 0.25) is 0 Å². The molecule has 0 aromatic heterocycles. The second-order valence-electron chi connectivity index (χ2n) is 11.6. The van der Waals surface area contributed by atoms with Crippen LogP contribution < -0.4 is 9.47 Å². The van der Waals surface area contributed by atoms with Crippen LogP contribution in [0.3, 0.4) is 0 Å². The summed E-state index contributed by atoms with van der Waals surface area (Å²) in [6, 6.07) is 27.2. The van der Waals surface area contributed by atoms with Gasteiger partial charge in [0.05, 0.1) is 25.7 Å². The molecule has 3 aromatic rings. The van der Waals surface area contributed by atoms with Crippen molar-refractivity contribution in [1.29, 1.82) is 0 Å². The standard InChI is InChI=1S/C38H54O3/c1-4-5-6-7-8-9-10-11-12-13-14-15-22-27-34(39)31-38(32-23-18-16-19-24-32,33-25-20-17-21-26-33)36-29-28-35(40-2)30-37(36)41-3/h16-21,23-26,28-30,34,39H,4-15,22,27,31H2,1-3H3. The van der Waals surface area contributed by atoms with Crippen LogP contribution in [0.25, 0.3) is 0 Å². The molecule has 0 radical (unpaired) electrons. The molecule has 0 saturated heterocycles. The van der Waals surface area contributed by atoms with Gasteiger partial charge < -0.3 is 14.6 Å². The molecule has 0 saturated carbocycles. The van der Waals surface area contributed by atoms with Gasteiger partial charge >= 0.3 is 0 Å². The maximum atomic E-state index is 11.5. The summed E-state index contributed by atoms with van der Waals surface area (Å²) in [5, 5.41) is 11.5. The van der Waals surface area contributed by atoms with Crippen LogP contribution in [0.4, 0.5) is 0 Å². The van der Waals surface area contributed by atoms with E-state index >= 15 is 0 Å². The summed E-state index contributed by atoms with van der Waals surface area (Å²) in [5.41, 5.74) is 2.79. The zero-order chi connectivity index (χ0) is 29.2. The molecule has 0 aliphatic carbocycles. The Bertz CT molecular complexity index is 1040. The Balaban J connectivity index is 1.64. The van der Waals surface area contributed by atoms with E-state index in [2.05, 4.69) is 73.7 Å². The molecule has 3 nitrogen and oxygen atoms in total. The van der Waals surface area contributed by atoms with Gasteiger partial charge in [-0.2, -0.15) is 0 Å². The van der Waals surface area contributed by atoms with Crippen LogP contribution in [-0.2, 0) is 5.41 Å². The number of unbranched alkanes of at least 4 members (excludes halogenated alkanes) is 12. The molecule has 1 unspecified atom stereocenters. The fourth-order valence-corrected chi connectivity index (χ4v) is 6.27. The molecular formula is C38H54O3.